The zero-order valence-electron chi connectivity index (χ0n) is 8.71. The summed E-state index contributed by atoms with van der Waals surface area (Å²) in [6.45, 7) is 1.97. The lowest BCUT2D eigenvalue weighted by Crippen LogP contribution is -2.11. The minimum Gasteiger partial charge on any atom is -0.434 e. The van der Waals surface area contributed by atoms with Gasteiger partial charge in [-0.1, -0.05) is 12.1 Å². The Hall–Kier alpha value is -2.17. The molecule has 0 saturated carbocycles. The van der Waals surface area contributed by atoms with Gasteiger partial charge in [-0.15, -0.1) is 0 Å². The van der Waals surface area contributed by atoms with Gasteiger partial charge in [-0.2, -0.15) is 0 Å². The van der Waals surface area contributed by atoms with E-state index in [0.717, 1.165) is 5.52 Å². The van der Waals surface area contributed by atoms with Crippen molar-refractivity contribution in [1.82, 2.24) is 9.97 Å². The summed E-state index contributed by atoms with van der Waals surface area (Å²) >= 11 is 0. The Morgan fingerprint density at radius 3 is 2.81 bits per heavy atom. The van der Waals surface area contributed by atoms with Crippen molar-refractivity contribution in [2.45, 2.75) is 6.92 Å². The molecule has 16 heavy (non-hydrogen) atoms. The van der Waals surface area contributed by atoms with Crippen LogP contribution in [-0.2, 0) is 4.74 Å². The van der Waals surface area contributed by atoms with Gasteiger partial charge in [0.15, 0.2) is 0 Å². The topological polar surface area (TPSA) is 61.3 Å². The van der Waals surface area contributed by atoms with Crippen LogP contribution in [0, 0.1) is 0 Å². The standard InChI is InChI=1S/C11H10N2O3/c1-2-15-11(14)16-10-7-12-8-5-3-4-6-9(8)13-10/h3-7H,2H2,1H3. The van der Waals surface area contributed by atoms with Crippen molar-refractivity contribution >= 4 is 17.2 Å². The molecule has 0 amide bonds. The summed E-state index contributed by atoms with van der Waals surface area (Å²) in [5.74, 6) is 0.136. The molecule has 0 fully saturated rings. The SMILES string of the molecule is CCOC(=O)Oc1cnc2ccccc2n1. The number of hydrogen-bond donors (Lipinski definition) is 0. The maximum absolute atomic E-state index is 11.0. The van der Waals surface area contributed by atoms with Crippen LogP contribution < -0.4 is 4.74 Å². The Labute approximate surface area is 92.0 Å². The van der Waals surface area contributed by atoms with Crippen molar-refractivity contribution in [2.24, 2.45) is 0 Å². The van der Waals surface area contributed by atoms with Gasteiger partial charge < -0.3 is 9.47 Å². The second kappa shape index (κ2) is 4.57. The number of carbonyl (C=O) groups excluding carboxylic acids is 1. The van der Waals surface area contributed by atoms with E-state index >= 15 is 0 Å². The van der Waals surface area contributed by atoms with Crippen LogP contribution in [0.5, 0.6) is 5.88 Å². The van der Waals surface area contributed by atoms with E-state index in [9.17, 15) is 4.79 Å². The molecule has 0 spiro atoms. The van der Waals surface area contributed by atoms with Crippen LogP contribution in [0.1, 0.15) is 6.92 Å². The van der Waals surface area contributed by atoms with E-state index in [4.69, 9.17) is 4.74 Å². The maximum atomic E-state index is 11.0. The van der Waals surface area contributed by atoms with E-state index in [0.29, 0.717) is 5.52 Å². The summed E-state index contributed by atoms with van der Waals surface area (Å²) in [5, 5.41) is 0. The van der Waals surface area contributed by atoms with Crippen LogP contribution in [0.2, 0.25) is 0 Å². The smallest absolute Gasteiger partial charge is 0.434 e. The highest BCUT2D eigenvalue weighted by atomic mass is 16.7. The van der Waals surface area contributed by atoms with Gasteiger partial charge in [-0.3, -0.25) is 0 Å². The molecule has 1 aromatic carbocycles. The van der Waals surface area contributed by atoms with Gasteiger partial charge in [-0.25, -0.2) is 14.8 Å². The first-order valence-corrected chi connectivity index (χ1v) is 4.86. The third-order valence-electron chi connectivity index (χ3n) is 1.88. The number of benzene rings is 1. The predicted molar refractivity (Wildman–Crippen MR) is 57.2 cm³/mol. The van der Waals surface area contributed by atoms with Gasteiger partial charge >= 0.3 is 6.16 Å². The average molecular weight is 218 g/mol. The van der Waals surface area contributed by atoms with Gasteiger partial charge in [-0.05, 0) is 19.1 Å². The first-order chi connectivity index (χ1) is 7.79. The van der Waals surface area contributed by atoms with E-state index in [-0.39, 0.29) is 12.5 Å². The summed E-state index contributed by atoms with van der Waals surface area (Å²) < 4.78 is 9.46. The van der Waals surface area contributed by atoms with Crippen molar-refractivity contribution in [3.8, 4) is 5.88 Å². The minimum atomic E-state index is -0.771. The third kappa shape index (κ3) is 2.25. The van der Waals surface area contributed by atoms with Crippen LogP contribution in [0.25, 0.3) is 11.0 Å². The summed E-state index contributed by atoms with van der Waals surface area (Å²) in [4.78, 5) is 19.2. The molecule has 0 aliphatic carbocycles. The summed E-state index contributed by atoms with van der Waals surface area (Å²) in [6, 6.07) is 7.32. The number of hydrogen-bond acceptors (Lipinski definition) is 5. The van der Waals surface area contributed by atoms with E-state index < -0.39 is 6.16 Å². The van der Waals surface area contributed by atoms with Crippen molar-refractivity contribution in [3.63, 3.8) is 0 Å². The molecule has 1 heterocycles. The normalized spacial score (nSPS) is 10.1. The Balaban J connectivity index is 2.22. The molecule has 5 nitrogen and oxygen atoms in total. The Morgan fingerprint density at radius 2 is 2.06 bits per heavy atom. The van der Waals surface area contributed by atoms with Crippen LogP contribution >= 0.6 is 0 Å². The molecule has 2 aromatic rings. The Bertz CT molecular complexity index is 513. The van der Waals surface area contributed by atoms with E-state index in [2.05, 4.69) is 14.7 Å². The fourth-order valence-electron chi connectivity index (χ4n) is 1.22. The number of nitrogens with zero attached hydrogens (tertiary/aromatic N) is 2. The number of fused-ring (bicyclic) bond motifs is 1. The monoisotopic (exact) mass is 218 g/mol. The minimum absolute atomic E-state index is 0.136. The third-order valence-corrected chi connectivity index (χ3v) is 1.88. The van der Waals surface area contributed by atoms with E-state index in [1.807, 2.05) is 18.2 Å². The second-order valence-corrected chi connectivity index (χ2v) is 2.98. The van der Waals surface area contributed by atoms with Gasteiger partial charge in [0.25, 0.3) is 0 Å². The Morgan fingerprint density at radius 1 is 1.31 bits per heavy atom. The second-order valence-electron chi connectivity index (χ2n) is 2.98. The van der Waals surface area contributed by atoms with Crippen molar-refractivity contribution in [3.05, 3.63) is 30.5 Å². The van der Waals surface area contributed by atoms with Crippen LogP contribution in [0.3, 0.4) is 0 Å². The van der Waals surface area contributed by atoms with Gasteiger partial charge in [0, 0.05) is 0 Å². The molecule has 5 heteroatoms. The maximum Gasteiger partial charge on any atom is 0.515 e. The van der Waals surface area contributed by atoms with Crippen molar-refractivity contribution in [1.29, 1.82) is 0 Å². The zero-order chi connectivity index (χ0) is 11.4. The summed E-state index contributed by atoms with van der Waals surface area (Å²) in [5.41, 5.74) is 1.42. The number of carbonyl (C=O) groups is 1. The van der Waals surface area contributed by atoms with E-state index in [1.165, 1.54) is 6.20 Å². The highest BCUT2D eigenvalue weighted by Crippen LogP contribution is 2.13. The lowest BCUT2D eigenvalue weighted by molar-refractivity contribution is 0.102. The molecule has 0 aliphatic rings. The Kier molecular flexibility index (Phi) is 2.95. The molecule has 0 unspecified atom stereocenters. The molecule has 0 N–H and O–H groups in total. The molecule has 0 bridgehead atoms. The first-order valence-electron chi connectivity index (χ1n) is 4.86. The average Bonchev–Trinajstić information content (AvgIpc) is 2.29. The molecule has 2 rings (SSSR count). The van der Waals surface area contributed by atoms with Crippen LogP contribution in [0.15, 0.2) is 30.5 Å². The molecule has 82 valence electrons. The van der Waals surface area contributed by atoms with Gasteiger partial charge in [0.2, 0.25) is 5.88 Å². The number of aromatic nitrogens is 2. The molecule has 0 aliphatic heterocycles. The quantitative estimate of drug-likeness (QED) is 0.723. The van der Waals surface area contributed by atoms with Crippen molar-refractivity contribution in [2.75, 3.05) is 6.61 Å². The fourth-order valence-corrected chi connectivity index (χ4v) is 1.22. The number of ether oxygens (including phenoxy) is 2. The lowest BCUT2D eigenvalue weighted by Gasteiger charge is -2.03. The highest BCUT2D eigenvalue weighted by Gasteiger charge is 2.07. The lowest BCUT2D eigenvalue weighted by atomic mass is 10.3. The fraction of sp³-hybridized carbons (Fsp3) is 0.182. The number of rotatable bonds is 2. The molecule has 0 saturated heterocycles. The van der Waals surface area contributed by atoms with E-state index in [1.54, 1.807) is 13.0 Å². The zero-order valence-corrected chi connectivity index (χ0v) is 8.71. The van der Waals surface area contributed by atoms with Gasteiger partial charge in [0.05, 0.1) is 23.8 Å². The van der Waals surface area contributed by atoms with Crippen LogP contribution in [-0.4, -0.2) is 22.7 Å². The molecule has 1 aromatic heterocycles. The largest absolute Gasteiger partial charge is 0.515 e. The molecule has 0 radical (unpaired) electrons. The van der Waals surface area contributed by atoms with Crippen LogP contribution in [0.4, 0.5) is 4.79 Å². The molecular formula is C11H10N2O3. The molecular weight excluding hydrogens is 208 g/mol. The summed E-state index contributed by atoms with van der Waals surface area (Å²) in [7, 11) is 0. The molecule has 0 atom stereocenters. The summed E-state index contributed by atoms with van der Waals surface area (Å²) in [6.07, 6.45) is 0.617. The van der Waals surface area contributed by atoms with Crippen molar-refractivity contribution < 1.29 is 14.3 Å². The number of para-hydroxylation sites is 2. The predicted octanol–water partition coefficient (Wildman–Crippen LogP) is 2.17. The van der Waals surface area contributed by atoms with Gasteiger partial charge in [0.1, 0.15) is 0 Å². The highest BCUT2D eigenvalue weighted by molar-refractivity contribution is 5.74. The first kappa shape index (κ1) is 10.4.